The second-order valence-corrected chi connectivity index (χ2v) is 2.29. The van der Waals surface area contributed by atoms with Crippen molar-refractivity contribution >= 4 is 5.97 Å². The van der Waals surface area contributed by atoms with Crippen LogP contribution in [-0.4, -0.2) is 39.9 Å². The molecule has 5 nitrogen and oxygen atoms in total. The van der Waals surface area contributed by atoms with Crippen molar-refractivity contribution < 1.29 is 29.2 Å². The number of hydrogen-bond donors (Lipinski definition) is 3. The second-order valence-electron chi connectivity index (χ2n) is 2.29. The van der Waals surface area contributed by atoms with Gasteiger partial charge in [-0.2, -0.15) is 4.39 Å². The quantitative estimate of drug-likeness (QED) is 0.479. The molecule has 12 heavy (non-hydrogen) atoms. The number of alkyl halides is 1. The maximum atomic E-state index is 12.5. The Bertz CT molecular complexity index is 226. The maximum Gasteiger partial charge on any atom is 0.371 e. The zero-order valence-corrected chi connectivity index (χ0v) is 5.85. The summed E-state index contributed by atoms with van der Waals surface area (Å²) in [5.74, 6) is -2.18. The van der Waals surface area contributed by atoms with E-state index in [9.17, 15) is 9.18 Å². The number of carboxylic acid groups (broad SMARTS) is 1. The molecule has 0 bridgehead atoms. The summed E-state index contributed by atoms with van der Waals surface area (Å²) in [5, 5.41) is 25.9. The molecule has 0 saturated heterocycles. The lowest BCUT2D eigenvalue weighted by Crippen LogP contribution is -2.40. The van der Waals surface area contributed by atoms with Crippen LogP contribution in [0, 0.1) is 0 Å². The zero-order valence-electron chi connectivity index (χ0n) is 5.85. The fourth-order valence-corrected chi connectivity index (χ4v) is 0.761. The summed E-state index contributed by atoms with van der Waals surface area (Å²) in [4.78, 5) is 10.2. The Hall–Kier alpha value is -1.14. The van der Waals surface area contributed by atoms with E-state index in [0.717, 1.165) is 6.08 Å². The molecule has 0 spiro atoms. The highest BCUT2D eigenvalue weighted by Crippen LogP contribution is 2.18. The fraction of sp³-hybridized carbons (Fsp3) is 0.500. The van der Waals surface area contributed by atoms with Crippen LogP contribution in [0.3, 0.4) is 0 Å². The molecular formula is C6H7FO5. The number of carbonyl (C=O) groups is 1. The summed E-state index contributed by atoms with van der Waals surface area (Å²) in [6.07, 6.45) is -4.73. The van der Waals surface area contributed by atoms with Crippen LogP contribution in [0.1, 0.15) is 0 Å². The van der Waals surface area contributed by atoms with Crippen LogP contribution >= 0.6 is 0 Å². The molecule has 3 N–H and O–H groups in total. The summed E-state index contributed by atoms with van der Waals surface area (Å²) in [6, 6.07) is 0. The Morgan fingerprint density at radius 3 is 2.58 bits per heavy atom. The van der Waals surface area contributed by atoms with E-state index in [0.29, 0.717) is 0 Å². The minimum absolute atomic E-state index is 0.694. The topological polar surface area (TPSA) is 87.0 Å². The standard InChI is InChI=1S/C6H7FO5/c7-5-4(9)2(8)1-3(12-5)6(10)11/h1-2,4-5,8-9H,(H,10,11)/t2-,4+,5-/m0/s1. The highest BCUT2D eigenvalue weighted by atomic mass is 19.1. The predicted octanol–water partition coefficient (Wildman–Crippen LogP) is -0.998. The molecule has 0 aromatic carbocycles. The third-order valence-electron chi connectivity index (χ3n) is 1.39. The van der Waals surface area contributed by atoms with E-state index in [4.69, 9.17) is 15.3 Å². The van der Waals surface area contributed by atoms with Crippen molar-refractivity contribution in [3.63, 3.8) is 0 Å². The van der Waals surface area contributed by atoms with Gasteiger partial charge < -0.3 is 20.1 Å². The van der Waals surface area contributed by atoms with E-state index in [1.165, 1.54) is 0 Å². The summed E-state index contributed by atoms with van der Waals surface area (Å²) >= 11 is 0. The van der Waals surface area contributed by atoms with Gasteiger partial charge in [0.05, 0.1) is 0 Å². The minimum atomic E-state index is -2.20. The first kappa shape index (κ1) is 8.95. The van der Waals surface area contributed by atoms with Crippen LogP contribution in [0.4, 0.5) is 4.39 Å². The molecule has 3 atom stereocenters. The number of halogens is 1. The first-order valence-electron chi connectivity index (χ1n) is 3.14. The van der Waals surface area contributed by atoms with Gasteiger partial charge in [-0.15, -0.1) is 0 Å². The van der Waals surface area contributed by atoms with Crippen molar-refractivity contribution in [2.24, 2.45) is 0 Å². The number of ether oxygens (including phenoxy) is 1. The van der Waals surface area contributed by atoms with Crippen molar-refractivity contribution in [1.29, 1.82) is 0 Å². The highest BCUT2D eigenvalue weighted by Gasteiger charge is 2.34. The van der Waals surface area contributed by atoms with E-state index < -0.39 is 30.3 Å². The van der Waals surface area contributed by atoms with Crippen molar-refractivity contribution in [3.05, 3.63) is 11.8 Å². The van der Waals surface area contributed by atoms with Crippen molar-refractivity contribution in [2.75, 3.05) is 0 Å². The average molecular weight is 178 g/mol. The fourth-order valence-electron chi connectivity index (χ4n) is 0.761. The van der Waals surface area contributed by atoms with Gasteiger partial charge in [-0.25, -0.2) is 4.79 Å². The molecular weight excluding hydrogens is 171 g/mol. The SMILES string of the molecule is O=C(O)C1=C[C@H](O)[C@@H](O)[C@@H](F)O1. The maximum absolute atomic E-state index is 12.5. The van der Waals surface area contributed by atoms with Gasteiger partial charge in [0.25, 0.3) is 6.36 Å². The molecule has 0 aromatic rings. The Kier molecular flexibility index (Phi) is 2.30. The van der Waals surface area contributed by atoms with Gasteiger partial charge in [0, 0.05) is 0 Å². The van der Waals surface area contributed by atoms with Gasteiger partial charge in [-0.3, -0.25) is 0 Å². The Morgan fingerprint density at radius 1 is 1.58 bits per heavy atom. The minimum Gasteiger partial charge on any atom is -0.475 e. The van der Waals surface area contributed by atoms with E-state index in [2.05, 4.69) is 4.74 Å². The summed E-state index contributed by atoms with van der Waals surface area (Å²) in [5.41, 5.74) is 0. The molecule has 0 saturated carbocycles. The smallest absolute Gasteiger partial charge is 0.371 e. The lowest BCUT2D eigenvalue weighted by Gasteiger charge is -2.24. The molecule has 0 radical (unpaired) electrons. The zero-order chi connectivity index (χ0) is 9.30. The van der Waals surface area contributed by atoms with Crippen LogP contribution in [-0.2, 0) is 9.53 Å². The first-order chi connectivity index (χ1) is 5.52. The molecule has 6 heteroatoms. The Morgan fingerprint density at radius 2 is 2.17 bits per heavy atom. The van der Waals surface area contributed by atoms with E-state index in [1.807, 2.05) is 0 Å². The number of aliphatic hydroxyl groups is 2. The lowest BCUT2D eigenvalue weighted by atomic mass is 10.1. The van der Waals surface area contributed by atoms with Crippen LogP contribution in [0.2, 0.25) is 0 Å². The van der Waals surface area contributed by atoms with Gasteiger partial charge in [0.15, 0.2) is 6.10 Å². The summed E-state index contributed by atoms with van der Waals surface area (Å²) in [6.45, 7) is 0. The van der Waals surface area contributed by atoms with Gasteiger partial charge in [-0.1, -0.05) is 0 Å². The summed E-state index contributed by atoms with van der Waals surface area (Å²) in [7, 11) is 0. The molecule has 0 unspecified atom stereocenters. The largest absolute Gasteiger partial charge is 0.475 e. The molecule has 1 heterocycles. The number of hydrogen-bond acceptors (Lipinski definition) is 4. The molecule has 1 aliphatic rings. The molecule has 68 valence electrons. The molecule has 0 aliphatic carbocycles. The third kappa shape index (κ3) is 1.54. The van der Waals surface area contributed by atoms with Crippen molar-refractivity contribution in [1.82, 2.24) is 0 Å². The van der Waals surface area contributed by atoms with Gasteiger partial charge in [-0.05, 0) is 6.08 Å². The van der Waals surface area contributed by atoms with E-state index >= 15 is 0 Å². The van der Waals surface area contributed by atoms with Gasteiger partial charge in [0.2, 0.25) is 5.76 Å². The highest BCUT2D eigenvalue weighted by molar-refractivity contribution is 5.84. The van der Waals surface area contributed by atoms with Gasteiger partial charge >= 0.3 is 5.97 Å². The number of rotatable bonds is 1. The molecule has 0 aromatic heterocycles. The molecule has 0 fully saturated rings. The van der Waals surface area contributed by atoms with Crippen molar-refractivity contribution in [2.45, 2.75) is 18.6 Å². The van der Waals surface area contributed by atoms with Crippen LogP contribution in [0.5, 0.6) is 0 Å². The number of aliphatic carboxylic acids is 1. The van der Waals surface area contributed by atoms with Crippen LogP contribution in [0.15, 0.2) is 11.8 Å². The molecule has 1 rings (SSSR count). The van der Waals surface area contributed by atoms with E-state index in [1.54, 1.807) is 0 Å². The third-order valence-corrected chi connectivity index (χ3v) is 1.39. The van der Waals surface area contributed by atoms with Crippen LogP contribution in [0.25, 0.3) is 0 Å². The van der Waals surface area contributed by atoms with Crippen molar-refractivity contribution in [3.8, 4) is 0 Å². The number of aliphatic hydroxyl groups excluding tert-OH is 2. The summed E-state index contributed by atoms with van der Waals surface area (Å²) < 4.78 is 16.6. The predicted molar refractivity (Wildman–Crippen MR) is 33.7 cm³/mol. The Balaban J connectivity index is 2.81. The second kappa shape index (κ2) is 3.08. The Labute approximate surface area is 66.7 Å². The van der Waals surface area contributed by atoms with Crippen LogP contribution < -0.4 is 0 Å². The average Bonchev–Trinajstić information content (AvgIpc) is 1.99. The first-order valence-corrected chi connectivity index (χ1v) is 3.14. The number of carboxylic acids is 1. The monoisotopic (exact) mass is 178 g/mol. The molecule has 1 aliphatic heterocycles. The van der Waals surface area contributed by atoms with Gasteiger partial charge in [0.1, 0.15) is 6.10 Å². The molecule has 0 amide bonds. The van der Waals surface area contributed by atoms with E-state index in [-0.39, 0.29) is 0 Å². The normalized spacial score (nSPS) is 35.2. The lowest BCUT2D eigenvalue weighted by molar-refractivity contribution is -0.157.